The van der Waals surface area contributed by atoms with Gasteiger partial charge in [0.05, 0.1) is 14.2 Å². The SMILES string of the molecule is COc1[c]ccc(OC)c1C. The molecule has 0 heterocycles. The molecule has 11 heavy (non-hydrogen) atoms. The Kier molecular flexibility index (Phi) is 2.36. The van der Waals surface area contributed by atoms with E-state index >= 15 is 0 Å². The molecular formula is C9H11O2. The van der Waals surface area contributed by atoms with Crippen molar-refractivity contribution in [2.24, 2.45) is 0 Å². The summed E-state index contributed by atoms with van der Waals surface area (Å²) in [5.41, 5.74) is 0.984. The van der Waals surface area contributed by atoms with Crippen LogP contribution in [0.3, 0.4) is 0 Å². The molecule has 0 atom stereocenters. The normalized spacial score (nSPS) is 9.36. The summed E-state index contributed by atoms with van der Waals surface area (Å²) in [4.78, 5) is 0. The van der Waals surface area contributed by atoms with Crippen molar-refractivity contribution in [1.82, 2.24) is 0 Å². The lowest BCUT2D eigenvalue weighted by molar-refractivity contribution is 0.388. The third-order valence-corrected chi connectivity index (χ3v) is 1.58. The molecule has 0 spiro atoms. The van der Waals surface area contributed by atoms with Gasteiger partial charge in [0, 0.05) is 11.6 Å². The zero-order valence-corrected chi connectivity index (χ0v) is 6.97. The second kappa shape index (κ2) is 3.28. The lowest BCUT2D eigenvalue weighted by atomic mass is 10.2. The topological polar surface area (TPSA) is 18.5 Å². The fraction of sp³-hybridized carbons (Fsp3) is 0.333. The number of hydrogen-bond donors (Lipinski definition) is 0. The summed E-state index contributed by atoms with van der Waals surface area (Å²) in [5.74, 6) is 1.57. The van der Waals surface area contributed by atoms with Crippen LogP contribution >= 0.6 is 0 Å². The first-order valence-electron chi connectivity index (χ1n) is 3.39. The second-order valence-corrected chi connectivity index (χ2v) is 2.20. The van der Waals surface area contributed by atoms with Gasteiger partial charge in [0.1, 0.15) is 11.5 Å². The van der Waals surface area contributed by atoms with Crippen LogP contribution in [0.2, 0.25) is 0 Å². The molecule has 2 nitrogen and oxygen atoms in total. The lowest BCUT2D eigenvalue weighted by Gasteiger charge is -2.07. The molecule has 0 bridgehead atoms. The molecule has 0 aromatic heterocycles. The van der Waals surface area contributed by atoms with E-state index in [2.05, 4.69) is 6.07 Å². The predicted octanol–water partition coefficient (Wildman–Crippen LogP) is 1.81. The molecule has 0 amide bonds. The van der Waals surface area contributed by atoms with Crippen molar-refractivity contribution in [3.05, 3.63) is 23.8 Å². The second-order valence-electron chi connectivity index (χ2n) is 2.20. The van der Waals surface area contributed by atoms with Gasteiger partial charge in [0.25, 0.3) is 0 Å². The maximum atomic E-state index is 5.09. The monoisotopic (exact) mass is 151 g/mol. The van der Waals surface area contributed by atoms with Crippen LogP contribution in [-0.2, 0) is 0 Å². The fourth-order valence-corrected chi connectivity index (χ4v) is 0.971. The molecule has 0 saturated carbocycles. The number of methoxy groups -OCH3 is 2. The molecule has 1 rings (SSSR count). The molecule has 0 fully saturated rings. The number of ether oxygens (including phenoxy) is 2. The van der Waals surface area contributed by atoms with E-state index in [1.807, 2.05) is 13.0 Å². The molecule has 0 aliphatic rings. The Morgan fingerprint density at radius 2 is 2.00 bits per heavy atom. The summed E-state index contributed by atoms with van der Waals surface area (Å²) in [5, 5.41) is 0. The van der Waals surface area contributed by atoms with E-state index in [1.165, 1.54) is 0 Å². The third-order valence-electron chi connectivity index (χ3n) is 1.58. The third kappa shape index (κ3) is 1.45. The van der Waals surface area contributed by atoms with Crippen LogP contribution in [0.15, 0.2) is 12.1 Å². The maximum Gasteiger partial charge on any atom is 0.133 e. The quantitative estimate of drug-likeness (QED) is 0.641. The summed E-state index contributed by atoms with van der Waals surface area (Å²) < 4.78 is 10.1. The summed E-state index contributed by atoms with van der Waals surface area (Å²) in [7, 11) is 3.26. The van der Waals surface area contributed by atoms with Crippen molar-refractivity contribution >= 4 is 0 Å². The first kappa shape index (κ1) is 7.92. The Morgan fingerprint density at radius 3 is 2.55 bits per heavy atom. The Bertz CT molecular complexity index is 221. The van der Waals surface area contributed by atoms with Gasteiger partial charge in [0.2, 0.25) is 0 Å². The number of benzene rings is 1. The highest BCUT2D eigenvalue weighted by molar-refractivity contribution is 5.42. The van der Waals surface area contributed by atoms with Crippen molar-refractivity contribution in [3.63, 3.8) is 0 Å². The Morgan fingerprint density at radius 1 is 1.27 bits per heavy atom. The van der Waals surface area contributed by atoms with Crippen LogP contribution < -0.4 is 9.47 Å². The van der Waals surface area contributed by atoms with E-state index in [0.717, 1.165) is 17.1 Å². The highest BCUT2D eigenvalue weighted by atomic mass is 16.5. The van der Waals surface area contributed by atoms with Crippen molar-refractivity contribution in [3.8, 4) is 11.5 Å². The van der Waals surface area contributed by atoms with Crippen LogP contribution in [0.1, 0.15) is 5.56 Å². The van der Waals surface area contributed by atoms with Gasteiger partial charge >= 0.3 is 0 Å². The largest absolute Gasteiger partial charge is 0.496 e. The summed E-state index contributed by atoms with van der Waals surface area (Å²) in [6, 6.07) is 6.60. The molecule has 1 aromatic rings. The Labute approximate surface area is 66.8 Å². The molecule has 1 radical (unpaired) electrons. The van der Waals surface area contributed by atoms with Crippen LogP contribution in [-0.4, -0.2) is 14.2 Å². The minimum atomic E-state index is 0.740. The molecule has 0 aliphatic heterocycles. The molecule has 59 valence electrons. The molecule has 0 aliphatic carbocycles. The standard InChI is InChI=1S/C9H11O2/c1-7-8(10-2)5-4-6-9(7)11-3/h4-5H,1-3H3. The zero-order valence-electron chi connectivity index (χ0n) is 6.97. The van der Waals surface area contributed by atoms with Gasteiger partial charge in [-0.05, 0) is 19.1 Å². The van der Waals surface area contributed by atoms with Gasteiger partial charge in [-0.25, -0.2) is 0 Å². The summed E-state index contributed by atoms with van der Waals surface area (Å²) >= 11 is 0. The fourth-order valence-electron chi connectivity index (χ4n) is 0.971. The average molecular weight is 151 g/mol. The van der Waals surface area contributed by atoms with Crippen molar-refractivity contribution < 1.29 is 9.47 Å². The smallest absolute Gasteiger partial charge is 0.133 e. The molecule has 1 aromatic carbocycles. The van der Waals surface area contributed by atoms with E-state index in [4.69, 9.17) is 9.47 Å². The number of hydrogen-bond acceptors (Lipinski definition) is 2. The lowest BCUT2D eigenvalue weighted by Crippen LogP contribution is -1.91. The zero-order chi connectivity index (χ0) is 8.27. The Hall–Kier alpha value is -1.18. The van der Waals surface area contributed by atoms with Gasteiger partial charge in [-0.1, -0.05) is 0 Å². The highest BCUT2D eigenvalue weighted by Gasteiger charge is 2.02. The molecule has 0 saturated heterocycles. The van der Waals surface area contributed by atoms with Crippen molar-refractivity contribution in [1.29, 1.82) is 0 Å². The minimum absolute atomic E-state index is 0.740. The first-order valence-corrected chi connectivity index (χ1v) is 3.39. The van der Waals surface area contributed by atoms with Crippen molar-refractivity contribution in [2.45, 2.75) is 6.92 Å². The van der Waals surface area contributed by atoms with Gasteiger partial charge in [-0.2, -0.15) is 0 Å². The van der Waals surface area contributed by atoms with Crippen LogP contribution in [0.5, 0.6) is 11.5 Å². The Balaban J connectivity index is 3.10. The van der Waals surface area contributed by atoms with Gasteiger partial charge in [-0.15, -0.1) is 0 Å². The molecule has 2 heteroatoms. The van der Waals surface area contributed by atoms with E-state index in [-0.39, 0.29) is 0 Å². The van der Waals surface area contributed by atoms with Crippen molar-refractivity contribution in [2.75, 3.05) is 14.2 Å². The van der Waals surface area contributed by atoms with E-state index < -0.39 is 0 Å². The van der Waals surface area contributed by atoms with Crippen LogP contribution in [0, 0.1) is 13.0 Å². The van der Waals surface area contributed by atoms with Gasteiger partial charge in [-0.3, -0.25) is 0 Å². The molecular weight excluding hydrogens is 140 g/mol. The van der Waals surface area contributed by atoms with E-state index in [0.29, 0.717) is 0 Å². The molecule has 0 unspecified atom stereocenters. The van der Waals surface area contributed by atoms with E-state index in [1.54, 1.807) is 20.3 Å². The minimum Gasteiger partial charge on any atom is -0.496 e. The van der Waals surface area contributed by atoms with E-state index in [9.17, 15) is 0 Å². The first-order chi connectivity index (χ1) is 5.29. The van der Waals surface area contributed by atoms with Gasteiger partial charge in [0.15, 0.2) is 0 Å². The summed E-state index contributed by atoms with van der Waals surface area (Å²) in [6.07, 6.45) is 0. The predicted molar refractivity (Wildman–Crippen MR) is 43.1 cm³/mol. The highest BCUT2D eigenvalue weighted by Crippen LogP contribution is 2.25. The summed E-state index contributed by atoms with van der Waals surface area (Å²) in [6.45, 7) is 1.94. The number of rotatable bonds is 2. The average Bonchev–Trinajstić information content (AvgIpc) is 2.05. The molecule has 0 N–H and O–H groups in total. The van der Waals surface area contributed by atoms with Crippen LogP contribution in [0.25, 0.3) is 0 Å². The van der Waals surface area contributed by atoms with Gasteiger partial charge < -0.3 is 9.47 Å². The van der Waals surface area contributed by atoms with Crippen LogP contribution in [0.4, 0.5) is 0 Å². The maximum absolute atomic E-state index is 5.09.